The maximum absolute atomic E-state index is 14.0. The summed E-state index contributed by atoms with van der Waals surface area (Å²) in [5.74, 6) is 1.09. The van der Waals surface area contributed by atoms with Crippen molar-refractivity contribution >= 4 is 37.1 Å². The van der Waals surface area contributed by atoms with Gasteiger partial charge in [-0.25, -0.2) is 12.8 Å². The third-order valence-electron chi connectivity index (χ3n) is 6.15. The average molecular weight is 569 g/mol. The van der Waals surface area contributed by atoms with Gasteiger partial charge in [0.25, 0.3) is 11.4 Å². The van der Waals surface area contributed by atoms with Crippen molar-refractivity contribution in [3.05, 3.63) is 75.8 Å². The fourth-order valence-corrected chi connectivity index (χ4v) is 5.98. The van der Waals surface area contributed by atoms with E-state index in [2.05, 4.69) is 14.9 Å². The molecule has 12 heteroatoms. The first-order valence-electron chi connectivity index (χ1n) is 12.0. The monoisotopic (exact) mass is 568 g/mol. The highest BCUT2D eigenvalue weighted by atomic mass is 32.2. The number of rotatable bonds is 7. The fraction of sp³-hybridized carbons (Fsp3) is 0.222. The summed E-state index contributed by atoms with van der Waals surface area (Å²) >= 11 is 1.30. The highest BCUT2D eigenvalue weighted by molar-refractivity contribution is 7.92. The van der Waals surface area contributed by atoms with E-state index >= 15 is 0 Å². The van der Waals surface area contributed by atoms with Crippen LogP contribution >= 0.6 is 11.3 Å². The van der Waals surface area contributed by atoms with Gasteiger partial charge in [0.2, 0.25) is 15.9 Å². The number of sulfonamides is 1. The molecule has 0 saturated heterocycles. The van der Waals surface area contributed by atoms with Crippen molar-refractivity contribution in [1.29, 1.82) is 0 Å². The molecule has 2 aromatic carbocycles. The average Bonchev–Trinajstić information content (AvgIpc) is 3.51. The number of aromatic nitrogens is 3. The molecule has 5 rings (SSSR count). The summed E-state index contributed by atoms with van der Waals surface area (Å²) < 4.78 is 55.2. The molecule has 0 atom stereocenters. The number of ether oxygens (including phenoxy) is 1. The molecule has 39 heavy (non-hydrogen) atoms. The van der Waals surface area contributed by atoms with Crippen LogP contribution in [0.25, 0.3) is 32.0 Å². The van der Waals surface area contributed by atoms with E-state index in [-0.39, 0.29) is 17.1 Å². The molecule has 0 fully saturated rings. The Labute approximate surface area is 227 Å². The first-order chi connectivity index (χ1) is 18.5. The number of halogens is 1. The predicted octanol–water partition coefficient (Wildman–Crippen LogP) is 5.94. The lowest BCUT2D eigenvalue weighted by Crippen LogP contribution is -2.16. The van der Waals surface area contributed by atoms with E-state index in [1.54, 1.807) is 65.2 Å². The smallest absolute Gasteiger partial charge is 0.259 e. The quantitative estimate of drug-likeness (QED) is 0.258. The number of hydrogen-bond acceptors (Lipinski definition) is 8. The van der Waals surface area contributed by atoms with Crippen LogP contribution in [0.1, 0.15) is 23.9 Å². The number of nitrogens with one attached hydrogen (secondary N) is 1. The van der Waals surface area contributed by atoms with Crippen molar-refractivity contribution in [2.24, 2.45) is 7.05 Å². The number of anilines is 1. The molecular weight excluding hydrogens is 543 g/mol. The summed E-state index contributed by atoms with van der Waals surface area (Å²) in [6.07, 6.45) is 1.68. The molecule has 0 aliphatic carbocycles. The molecule has 0 spiro atoms. The predicted molar refractivity (Wildman–Crippen MR) is 150 cm³/mol. The standard InChI is InChI=1S/C27H25FN4O5S2/c1-6-39(34,35)31-18-7-8-22(37-24-14(2)9-17(28)10-15(24)3)19(11-18)21-13-32(5)27(33)20-12-23(38-25(20)21)26-30-29-16(4)36-26/h7-13,31H,6H2,1-5H3. The van der Waals surface area contributed by atoms with Crippen LogP contribution in [0.3, 0.4) is 0 Å². The Hall–Kier alpha value is -4.03. The van der Waals surface area contributed by atoms with Crippen LogP contribution in [0.15, 0.2) is 51.8 Å². The van der Waals surface area contributed by atoms with Gasteiger partial charge in [-0.3, -0.25) is 9.52 Å². The zero-order valence-corrected chi connectivity index (χ0v) is 23.5. The Morgan fingerprint density at radius 2 is 1.79 bits per heavy atom. The number of thiophene rings is 1. The van der Waals surface area contributed by atoms with E-state index in [0.717, 1.165) is 0 Å². The Kier molecular flexibility index (Phi) is 6.77. The third-order valence-corrected chi connectivity index (χ3v) is 8.61. The van der Waals surface area contributed by atoms with E-state index in [4.69, 9.17) is 9.15 Å². The molecule has 9 nitrogen and oxygen atoms in total. The number of benzene rings is 2. The molecule has 1 N–H and O–H groups in total. The minimum atomic E-state index is -3.56. The van der Waals surface area contributed by atoms with Crippen molar-refractivity contribution < 1.29 is 22.0 Å². The Bertz CT molecular complexity index is 1880. The summed E-state index contributed by atoms with van der Waals surface area (Å²) in [4.78, 5) is 13.7. The second-order valence-electron chi connectivity index (χ2n) is 9.13. The van der Waals surface area contributed by atoms with Crippen LogP contribution in [0.5, 0.6) is 11.5 Å². The molecular formula is C27H25FN4O5S2. The number of fused-ring (bicyclic) bond motifs is 1. The lowest BCUT2D eigenvalue weighted by atomic mass is 10.0. The van der Waals surface area contributed by atoms with E-state index in [1.807, 2.05) is 0 Å². The maximum atomic E-state index is 14.0. The van der Waals surface area contributed by atoms with Gasteiger partial charge in [-0.15, -0.1) is 21.5 Å². The lowest BCUT2D eigenvalue weighted by molar-refractivity contribution is 0.474. The molecule has 0 unspecified atom stereocenters. The molecule has 3 heterocycles. The largest absolute Gasteiger partial charge is 0.456 e. The van der Waals surface area contributed by atoms with Crippen LogP contribution in [0.2, 0.25) is 0 Å². The van der Waals surface area contributed by atoms with Crippen molar-refractivity contribution in [2.75, 3.05) is 10.5 Å². The molecule has 202 valence electrons. The van der Waals surface area contributed by atoms with Crippen molar-refractivity contribution in [1.82, 2.24) is 14.8 Å². The summed E-state index contributed by atoms with van der Waals surface area (Å²) in [7, 11) is -1.92. The number of nitrogens with zero attached hydrogens (tertiary/aromatic N) is 3. The van der Waals surface area contributed by atoms with E-state index < -0.39 is 10.0 Å². The number of hydrogen-bond donors (Lipinski definition) is 1. The van der Waals surface area contributed by atoms with Crippen molar-refractivity contribution in [3.8, 4) is 33.4 Å². The topological polar surface area (TPSA) is 116 Å². The maximum Gasteiger partial charge on any atom is 0.259 e. The highest BCUT2D eigenvalue weighted by Crippen LogP contribution is 2.43. The zero-order chi connectivity index (χ0) is 28.1. The summed E-state index contributed by atoms with van der Waals surface area (Å²) in [5.41, 5.74) is 2.48. The lowest BCUT2D eigenvalue weighted by Gasteiger charge is -2.18. The van der Waals surface area contributed by atoms with Gasteiger partial charge in [-0.05, 0) is 68.3 Å². The number of aryl methyl sites for hydroxylation is 4. The minimum absolute atomic E-state index is 0.101. The minimum Gasteiger partial charge on any atom is -0.456 e. The first-order valence-corrected chi connectivity index (χ1v) is 14.5. The van der Waals surface area contributed by atoms with Crippen LogP contribution in [0.4, 0.5) is 10.1 Å². The summed E-state index contributed by atoms with van der Waals surface area (Å²) in [6.45, 7) is 6.72. The highest BCUT2D eigenvalue weighted by Gasteiger charge is 2.21. The summed E-state index contributed by atoms with van der Waals surface area (Å²) in [6, 6.07) is 9.38. The molecule has 3 aromatic heterocycles. The van der Waals surface area contributed by atoms with Gasteiger partial charge in [-0.1, -0.05) is 0 Å². The molecule has 0 amide bonds. The van der Waals surface area contributed by atoms with Crippen LogP contribution in [0, 0.1) is 26.6 Å². The molecule has 5 aromatic rings. The molecule has 0 aliphatic rings. The van der Waals surface area contributed by atoms with E-state index in [9.17, 15) is 17.6 Å². The van der Waals surface area contributed by atoms with Crippen molar-refractivity contribution in [3.63, 3.8) is 0 Å². The van der Waals surface area contributed by atoms with Crippen molar-refractivity contribution in [2.45, 2.75) is 27.7 Å². The first kappa shape index (κ1) is 26.6. The van der Waals surface area contributed by atoms with Crippen LogP contribution in [-0.4, -0.2) is 28.9 Å². The second kappa shape index (κ2) is 9.93. The Balaban J connectivity index is 1.76. The van der Waals surface area contributed by atoms with Gasteiger partial charge >= 0.3 is 0 Å². The van der Waals surface area contributed by atoms with Gasteiger partial charge in [0, 0.05) is 37.0 Å². The summed E-state index contributed by atoms with van der Waals surface area (Å²) in [5, 5.41) is 8.40. The Morgan fingerprint density at radius 1 is 1.08 bits per heavy atom. The second-order valence-corrected chi connectivity index (χ2v) is 12.2. The number of pyridine rings is 1. The van der Waals surface area contributed by atoms with Crippen LogP contribution in [-0.2, 0) is 17.1 Å². The van der Waals surface area contributed by atoms with Gasteiger partial charge in [0.05, 0.1) is 20.7 Å². The Morgan fingerprint density at radius 3 is 2.44 bits per heavy atom. The van der Waals surface area contributed by atoms with Gasteiger partial charge < -0.3 is 13.7 Å². The molecule has 0 aliphatic heterocycles. The van der Waals surface area contributed by atoms with E-state index in [0.29, 0.717) is 66.2 Å². The van der Waals surface area contributed by atoms with Gasteiger partial charge in [0.15, 0.2) is 0 Å². The third kappa shape index (κ3) is 5.17. The molecule has 0 saturated carbocycles. The normalized spacial score (nSPS) is 11.7. The van der Waals surface area contributed by atoms with Gasteiger partial charge in [0.1, 0.15) is 17.3 Å². The van der Waals surface area contributed by atoms with E-state index in [1.165, 1.54) is 28.0 Å². The zero-order valence-electron chi connectivity index (χ0n) is 21.8. The van der Waals surface area contributed by atoms with Crippen LogP contribution < -0.4 is 15.0 Å². The fourth-order valence-electron chi connectivity index (χ4n) is 4.26. The molecule has 0 bridgehead atoms. The van der Waals surface area contributed by atoms with Gasteiger partial charge in [-0.2, -0.15) is 0 Å². The molecule has 0 radical (unpaired) electrons. The SMILES string of the molecule is CCS(=O)(=O)Nc1ccc(Oc2c(C)cc(F)cc2C)c(-c2cn(C)c(=O)c3cc(-c4nnc(C)o4)sc23)c1.